The smallest absolute Gasteiger partial charge is 0.325 e. The average molecular weight is 440 g/mol. The third-order valence-corrected chi connectivity index (χ3v) is 6.11. The number of methoxy groups -OCH3 is 1. The van der Waals surface area contributed by atoms with Gasteiger partial charge in [0, 0.05) is 12.3 Å². The van der Waals surface area contributed by atoms with Crippen molar-refractivity contribution in [2.45, 2.75) is 11.4 Å². The van der Waals surface area contributed by atoms with Crippen LogP contribution in [-0.2, 0) is 25.9 Å². The number of amides is 1. The Kier molecular flexibility index (Phi) is 5.62. The molecule has 7 nitrogen and oxygen atoms in total. The van der Waals surface area contributed by atoms with E-state index in [2.05, 4.69) is 9.73 Å². The largest absolute Gasteiger partial charge is 0.468 e. The summed E-state index contributed by atoms with van der Waals surface area (Å²) in [7, 11) is -2.29. The maximum atomic E-state index is 13.9. The third kappa shape index (κ3) is 4.40. The van der Waals surface area contributed by atoms with Gasteiger partial charge in [0.2, 0.25) is 0 Å². The Hall–Kier alpha value is -2.92. The Labute approximate surface area is 167 Å². The zero-order chi connectivity index (χ0) is 21.3. The summed E-state index contributed by atoms with van der Waals surface area (Å²) in [5, 5.41) is 0. The van der Waals surface area contributed by atoms with E-state index in [1.807, 2.05) is 0 Å². The molecule has 0 N–H and O–H groups in total. The van der Waals surface area contributed by atoms with E-state index < -0.39 is 38.9 Å². The number of rotatable bonds is 4. The van der Waals surface area contributed by atoms with Crippen LogP contribution in [0.15, 0.2) is 46.3 Å². The molecule has 11 heteroatoms. The minimum atomic E-state index is -3.48. The van der Waals surface area contributed by atoms with Crippen molar-refractivity contribution in [2.24, 2.45) is 4.99 Å². The van der Waals surface area contributed by atoms with E-state index in [0.29, 0.717) is 16.3 Å². The Morgan fingerprint density at radius 1 is 1.17 bits per heavy atom. The summed E-state index contributed by atoms with van der Waals surface area (Å²) < 4.78 is 57.0. The van der Waals surface area contributed by atoms with E-state index in [9.17, 15) is 26.8 Å². The summed E-state index contributed by atoms with van der Waals surface area (Å²) >= 11 is 0.945. The minimum Gasteiger partial charge on any atom is -0.468 e. The van der Waals surface area contributed by atoms with Crippen LogP contribution >= 0.6 is 11.3 Å². The molecule has 0 radical (unpaired) electrons. The van der Waals surface area contributed by atoms with Gasteiger partial charge in [0.15, 0.2) is 14.6 Å². The molecule has 0 aliphatic rings. The van der Waals surface area contributed by atoms with Crippen molar-refractivity contribution in [1.29, 1.82) is 0 Å². The molecule has 1 amide bonds. The Balaban J connectivity index is 2.21. The van der Waals surface area contributed by atoms with Crippen molar-refractivity contribution in [3.8, 4) is 0 Å². The number of nitrogens with zero attached hydrogens (tertiary/aromatic N) is 2. The normalized spacial score (nSPS) is 12.3. The molecule has 2 aromatic carbocycles. The number of fused-ring (bicyclic) bond motifs is 1. The van der Waals surface area contributed by atoms with Gasteiger partial charge in [-0.25, -0.2) is 17.2 Å². The van der Waals surface area contributed by atoms with Gasteiger partial charge in [-0.15, -0.1) is 0 Å². The summed E-state index contributed by atoms with van der Waals surface area (Å²) in [6.45, 7) is -0.299. The lowest BCUT2D eigenvalue weighted by Crippen LogP contribution is -2.22. The maximum absolute atomic E-state index is 13.9. The van der Waals surface area contributed by atoms with Crippen LogP contribution in [-0.4, -0.2) is 38.2 Å². The van der Waals surface area contributed by atoms with E-state index >= 15 is 0 Å². The first kappa shape index (κ1) is 20.8. The summed E-state index contributed by atoms with van der Waals surface area (Å²) in [6.07, 6.45) is 1.05. The molecular weight excluding hydrogens is 426 g/mol. The highest BCUT2D eigenvalue weighted by molar-refractivity contribution is 7.90. The standard InChI is InChI=1S/C18H14F2N2O5S2/c1-27-16(23)9-22-14-6-4-11(29(2,25)26)8-15(14)28-18(22)21-17(24)12-5-3-10(19)7-13(12)20/h3-8H,9H2,1-2H3. The molecule has 29 heavy (non-hydrogen) atoms. The first-order valence-electron chi connectivity index (χ1n) is 8.04. The summed E-state index contributed by atoms with van der Waals surface area (Å²) in [5.74, 6) is -3.51. The Morgan fingerprint density at radius 2 is 1.90 bits per heavy atom. The number of ether oxygens (including phenoxy) is 1. The number of carbonyl (C=O) groups excluding carboxylic acids is 2. The molecule has 1 aromatic heterocycles. The number of hydrogen-bond acceptors (Lipinski definition) is 6. The first-order chi connectivity index (χ1) is 13.6. The molecular formula is C18H14F2N2O5S2. The van der Waals surface area contributed by atoms with Crippen molar-refractivity contribution < 1.29 is 31.5 Å². The lowest BCUT2D eigenvalue weighted by Gasteiger charge is -2.04. The number of benzene rings is 2. The van der Waals surface area contributed by atoms with E-state index in [0.717, 1.165) is 29.7 Å². The van der Waals surface area contributed by atoms with Gasteiger partial charge in [0.05, 0.1) is 27.8 Å². The number of thiazole rings is 1. The van der Waals surface area contributed by atoms with Crippen LogP contribution in [0, 0.1) is 11.6 Å². The molecule has 3 rings (SSSR count). The molecule has 0 spiro atoms. The predicted octanol–water partition coefficient (Wildman–Crippen LogP) is 2.30. The van der Waals surface area contributed by atoms with Crippen LogP contribution in [0.25, 0.3) is 10.2 Å². The van der Waals surface area contributed by atoms with Crippen molar-refractivity contribution in [1.82, 2.24) is 4.57 Å². The quantitative estimate of drug-likeness (QED) is 0.580. The molecule has 0 fully saturated rings. The molecule has 0 atom stereocenters. The first-order valence-corrected chi connectivity index (χ1v) is 10.8. The lowest BCUT2D eigenvalue weighted by atomic mass is 10.2. The summed E-state index contributed by atoms with van der Waals surface area (Å²) in [4.78, 5) is 28.1. The van der Waals surface area contributed by atoms with Crippen LogP contribution in [0.3, 0.4) is 0 Å². The topological polar surface area (TPSA) is 94.8 Å². The van der Waals surface area contributed by atoms with Gasteiger partial charge in [-0.3, -0.25) is 9.59 Å². The number of aromatic nitrogens is 1. The molecule has 3 aromatic rings. The van der Waals surface area contributed by atoms with Crippen molar-refractivity contribution in [3.05, 3.63) is 58.4 Å². The van der Waals surface area contributed by atoms with E-state index in [4.69, 9.17) is 0 Å². The highest BCUT2D eigenvalue weighted by Crippen LogP contribution is 2.22. The lowest BCUT2D eigenvalue weighted by molar-refractivity contribution is -0.141. The molecule has 0 unspecified atom stereocenters. The van der Waals surface area contributed by atoms with Crippen LogP contribution in [0.2, 0.25) is 0 Å². The summed E-state index contributed by atoms with van der Waals surface area (Å²) in [5.41, 5.74) is 0.00391. The van der Waals surface area contributed by atoms with Crippen LogP contribution < -0.4 is 4.80 Å². The second-order valence-electron chi connectivity index (χ2n) is 5.99. The molecule has 1 heterocycles. The van der Waals surface area contributed by atoms with Gasteiger partial charge < -0.3 is 9.30 Å². The van der Waals surface area contributed by atoms with Gasteiger partial charge in [0.25, 0.3) is 5.91 Å². The number of sulfone groups is 1. The van der Waals surface area contributed by atoms with E-state index in [-0.39, 0.29) is 16.2 Å². The highest BCUT2D eigenvalue weighted by atomic mass is 32.2. The second kappa shape index (κ2) is 7.84. The number of esters is 1. The molecule has 0 saturated heterocycles. The van der Waals surface area contributed by atoms with Gasteiger partial charge in [-0.1, -0.05) is 11.3 Å². The fraction of sp³-hybridized carbons (Fsp3) is 0.167. The molecule has 0 saturated carbocycles. The SMILES string of the molecule is COC(=O)Cn1c(=NC(=O)c2ccc(F)cc2F)sc2cc(S(C)(=O)=O)ccc21. The van der Waals surface area contributed by atoms with Crippen molar-refractivity contribution in [3.63, 3.8) is 0 Å². The Bertz CT molecular complexity index is 1310. The molecule has 0 bridgehead atoms. The zero-order valence-electron chi connectivity index (χ0n) is 15.2. The predicted molar refractivity (Wildman–Crippen MR) is 101 cm³/mol. The van der Waals surface area contributed by atoms with Gasteiger partial charge >= 0.3 is 5.97 Å². The van der Waals surface area contributed by atoms with Crippen molar-refractivity contribution >= 4 is 43.3 Å². The van der Waals surface area contributed by atoms with Crippen LogP contribution in [0.1, 0.15) is 10.4 Å². The van der Waals surface area contributed by atoms with Crippen LogP contribution in [0.4, 0.5) is 8.78 Å². The van der Waals surface area contributed by atoms with Crippen molar-refractivity contribution in [2.75, 3.05) is 13.4 Å². The van der Waals surface area contributed by atoms with Gasteiger partial charge in [-0.05, 0) is 30.3 Å². The zero-order valence-corrected chi connectivity index (χ0v) is 16.8. The molecule has 152 valence electrons. The number of halogens is 2. The highest BCUT2D eigenvalue weighted by Gasteiger charge is 2.17. The van der Waals surface area contributed by atoms with E-state index in [1.165, 1.54) is 29.9 Å². The number of hydrogen-bond donors (Lipinski definition) is 0. The van der Waals surface area contributed by atoms with Gasteiger partial charge in [0.1, 0.15) is 18.2 Å². The van der Waals surface area contributed by atoms with Crippen LogP contribution in [0.5, 0.6) is 0 Å². The Morgan fingerprint density at radius 3 is 2.52 bits per heavy atom. The summed E-state index contributed by atoms with van der Waals surface area (Å²) in [6, 6.07) is 6.70. The van der Waals surface area contributed by atoms with E-state index in [1.54, 1.807) is 0 Å². The fourth-order valence-corrected chi connectivity index (χ4v) is 4.31. The fourth-order valence-electron chi connectivity index (χ4n) is 2.53. The monoisotopic (exact) mass is 440 g/mol. The third-order valence-electron chi connectivity index (χ3n) is 3.96. The molecule has 0 aliphatic carbocycles. The second-order valence-corrected chi connectivity index (χ2v) is 9.01. The number of carbonyl (C=O) groups is 2. The maximum Gasteiger partial charge on any atom is 0.325 e. The van der Waals surface area contributed by atoms with Gasteiger partial charge in [-0.2, -0.15) is 4.99 Å². The molecule has 0 aliphatic heterocycles. The minimum absolute atomic E-state index is 0.0322. The average Bonchev–Trinajstić information content (AvgIpc) is 2.97.